The summed E-state index contributed by atoms with van der Waals surface area (Å²) >= 11 is 0. The maximum Gasteiger partial charge on any atom is 0.319 e. The summed E-state index contributed by atoms with van der Waals surface area (Å²) < 4.78 is 0. The van der Waals surface area contributed by atoms with E-state index in [1.54, 1.807) is 12.1 Å². The molecule has 0 radical (unpaired) electrons. The largest absolute Gasteiger partial charge is 0.369 e. The smallest absolute Gasteiger partial charge is 0.319 e. The highest BCUT2D eigenvalue weighted by Gasteiger charge is 2.31. The summed E-state index contributed by atoms with van der Waals surface area (Å²) in [4.78, 5) is 23.6. The summed E-state index contributed by atoms with van der Waals surface area (Å²) in [7, 11) is 0. The van der Waals surface area contributed by atoms with Crippen LogP contribution in [0, 0.1) is 17.8 Å². The molecule has 0 saturated heterocycles. The minimum Gasteiger partial charge on any atom is -0.369 e. The van der Waals surface area contributed by atoms with Crippen molar-refractivity contribution in [2.45, 2.75) is 52.5 Å². The van der Waals surface area contributed by atoms with Gasteiger partial charge < -0.3 is 16.4 Å². The SMILES string of the molecule is CC(C)[C@H]1CC[C@@H](C)C[C@H]1NC(=O)Nc1ccccc1CC(N)=O. The molecule has 0 spiro atoms. The van der Waals surface area contributed by atoms with Crippen LogP contribution in [0.5, 0.6) is 0 Å². The second-order valence-corrected chi connectivity index (χ2v) is 7.33. The first-order valence-electron chi connectivity index (χ1n) is 8.80. The lowest BCUT2D eigenvalue weighted by Gasteiger charge is -2.37. The molecule has 1 aromatic carbocycles. The molecule has 3 amide bonds. The zero-order chi connectivity index (χ0) is 17.7. The van der Waals surface area contributed by atoms with Crippen molar-refractivity contribution in [3.05, 3.63) is 29.8 Å². The van der Waals surface area contributed by atoms with Crippen molar-refractivity contribution in [2.75, 3.05) is 5.32 Å². The van der Waals surface area contributed by atoms with Gasteiger partial charge in [0.15, 0.2) is 0 Å². The maximum absolute atomic E-state index is 12.5. The van der Waals surface area contributed by atoms with Crippen molar-refractivity contribution in [1.29, 1.82) is 0 Å². The Morgan fingerprint density at radius 1 is 1.25 bits per heavy atom. The van der Waals surface area contributed by atoms with Crippen molar-refractivity contribution in [2.24, 2.45) is 23.5 Å². The van der Waals surface area contributed by atoms with Gasteiger partial charge >= 0.3 is 6.03 Å². The molecule has 5 heteroatoms. The molecule has 4 N–H and O–H groups in total. The zero-order valence-electron chi connectivity index (χ0n) is 14.8. The molecule has 1 aliphatic carbocycles. The van der Waals surface area contributed by atoms with Crippen LogP contribution in [0.4, 0.5) is 10.5 Å². The Morgan fingerprint density at radius 3 is 2.62 bits per heavy atom. The van der Waals surface area contributed by atoms with Crippen LogP contribution in [0.15, 0.2) is 24.3 Å². The number of rotatable bonds is 5. The Hall–Kier alpha value is -2.04. The number of anilines is 1. The van der Waals surface area contributed by atoms with E-state index in [4.69, 9.17) is 5.73 Å². The van der Waals surface area contributed by atoms with Gasteiger partial charge in [-0.3, -0.25) is 4.79 Å². The number of benzene rings is 1. The fourth-order valence-corrected chi connectivity index (χ4v) is 3.68. The number of hydrogen-bond acceptors (Lipinski definition) is 2. The fourth-order valence-electron chi connectivity index (χ4n) is 3.68. The highest BCUT2D eigenvalue weighted by molar-refractivity contribution is 5.91. The van der Waals surface area contributed by atoms with Crippen molar-refractivity contribution in [1.82, 2.24) is 5.32 Å². The molecule has 24 heavy (non-hydrogen) atoms. The number of carbonyl (C=O) groups is 2. The first kappa shape index (κ1) is 18.3. The Morgan fingerprint density at radius 2 is 1.96 bits per heavy atom. The minimum atomic E-state index is -0.411. The molecule has 3 atom stereocenters. The molecule has 1 aliphatic rings. The first-order chi connectivity index (χ1) is 11.4. The van der Waals surface area contributed by atoms with Gasteiger partial charge in [-0.1, -0.05) is 45.4 Å². The maximum atomic E-state index is 12.5. The second-order valence-electron chi connectivity index (χ2n) is 7.33. The molecule has 1 fully saturated rings. The third-order valence-corrected chi connectivity index (χ3v) is 4.97. The average Bonchev–Trinajstić information content (AvgIpc) is 2.48. The summed E-state index contributed by atoms with van der Waals surface area (Å²) in [6, 6.07) is 7.24. The van der Waals surface area contributed by atoms with Gasteiger partial charge in [0.2, 0.25) is 5.91 Å². The van der Waals surface area contributed by atoms with Gasteiger partial charge in [0.25, 0.3) is 0 Å². The van der Waals surface area contributed by atoms with E-state index in [0.717, 1.165) is 18.4 Å². The third kappa shape index (κ3) is 4.98. The van der Waals surface area contributed by atoms with Crippen LogP contribution in [-0.4, -0.2) is 18.0 Å². The number of carbonyl (C=O) groups excluding carboxylic acids is 2. The van der Waals surface area contributed by atoms with Crippen molar-refractivity contribution in [3.63, 3.8) is 0 Å². The van der Waals surface area contributed by atoms with Crippen LogP contribution in [-0.2, 0) is 11.2 Å². The lowest BCUT2D eigenvalue weighted by Crippen LogP contribution is -2.47. The number of amides is 3. The summed E-state index contributed by atoms with van der Waals surface area (Å²) in [5, 5.41) is 6.02. The predicted molar refractivity (Wildman–Crippen MR) is 96.6 cm³/mol. The number of urea groups is 1. The van der Waals surface area contributed by atoms with E-state index in [1.807, 2.05) is 12.1 Å². The van der Waals surface area contributed by atoms with Crippen LogP contribution >= 0.6 is 0 Å². The van der Waals surface area contributed by atoms with Gasteiger partial charge in [0.1, 0.15) is 0 Å². The van der Waals surface area contributed by atoms with Gasteiger partial charge in [0.05, 0.1) is 6.42 Å². The Balaban J connectivity index is 2.03. The van der Waals surface area contributed by atoms with Gasteiger partial charge in [0, 0.05) is 11.7 Å². The number of nitrogens with two attached hydrogens (primary N) is 1. The normalized spacial score (nSPS) is 23.8. The summed E-state index contributed by atoms with van der Waals surface area (Å²) in [5.74, 6) is 1.27. The molecular weight excluding hydrogens is 302 g/mol. The zero-order valence-corrected chi connectivity index (χ0v) is 14.8. The summed E-state index contributed by atoms with van der Waals surface area (Å²) in [6.45, 7) is 6.68. The molecule has 0 bridgehead atoms. The average molecular weight is 331 g/mol. The molecule has 132 valence electrons. The Kier molecular flexibility index (Phi) is 6.23. The van der Waals surface area contributed by atoms with Gasteiger partial charge in [-0.05, 0) is 42.2 Å². The number of nitrogens with one attached hydrogen (secondary N) is 2. The first-order valence-corrected chi connectivity index (χ1v) is 8.80. The van der Waals surface area contributed by atoms with Crippen LogP contribution in [0.2, 0.25) is 0 Å². The molecule has 0 unspecified atom stereocenters. The van der Waals surface area contributed by atoms with E-state index in [-0.39, 0.29) is 18.5 Å². The highest BCUT2D eigenvalue weighted by Crippen LogP contribution is 2.33. The van der Waals surface area contributed by atoms with E-state index in [1.165, 1.54) is 6.42 Å². The number of primary amides is 1. The predicted octanol–water partition coefficient (Wildman–Crippen LogP) is 3.30. The molecule has 1 aromatic rings. The Labute approximate surface area is 144 Å². The number of para-hydroxylation sites is 1. The summed E-state index contributed by atoms with van der Waals surface area (Å²) in [6.07, 6.45) is 3.51. The van der Waals surface area contributed by atoms with Gasteiger partial charge in [-0.25, -0.2) is 4.79 Å². The van der Waals surface area contributed by atoms with E-state index in [0.29, 0.717) is 23.4 Å². The van der Waals surface area contributed by atoms with E-state index in [9.17, 15) is 9.59 Å². The van der Waals surface area contributed by atoms with E-state index in [2.05, 4.69) is 31.4 Å². The highest BCUT2D eigenvalue weighted by atomic mass is 16.2. The number of hydrogen-bond donors (Lipinski definition) is 3. The van der Waals surface area contributed by atoms with Crippen LogP contribution in [0.3, 0.4) is 0 Å². The van der Waals surface area contributed by atoms with Crippen LogP contribution < -0.4 is 16.4 Å². The monoisotopic (exact) mass is 331 g/mol. The third-order valence-electron chi connectivity index (χ3n) is 4.97. The summed E-state index contributed by atoms with van der Waals surface area (Å²) in [5.41, 5.74) is 6.64. The van der Waals surface area contributed by atoms with Crippen molar-refractivity contribution < 1.29 is 9.59 Å². The topological polar surface area (TPSA) is 84.2 Å². The van der Waals surface area contributed by atoms with Gasteiger partial charge in [-0.15, -0.1) is 0 Å². The van der Waals surface area contributed by atoms with Crippen LogP contribution in [0.1, 0.15) is 45.6 Å². The van der Waals surface area contributed by atoms with E-state index >= 15 is 0 Å². The Bertz CT molecular complexity index is 586. The fraction of sp³-hybridized carbons (Fsp3) is 0.579. The standard InChI is InChI=1S/C19H29N3O2/c1-12(2)15-9-8-13(3)10-17(15)22-19(24)21-16-7-5-4-6-14(16)11-18(20)23/h4-7,12-13,15,17H,8-11H2,1-3H3,(H2,20,23)(H2,21,22,24)/t13-,15-,17-/m1/s1. The lowest BCUT2D eigenvalue weighted by atomic mass is 9.74. The molecule has 0 heterocycles. The van der Waals surface area contributed by atoms with Crippen LogP contribution in [0.25, 0.3) is 0 Å². The minimum absolute atomic E-state index is 0.117. The molecular formula is C19H29N3O2. The molecule has 1 saturated carbocycles. The van der Waals surface area contributed by atoms with Gasteiger partial charge in [-0.2, -0.15) is 0 Å². The molecule has 5 nitrogen and oxygen atoms in total. The molecule has 2 rings (SSSR count). The van der Waals surface area contributed by atoms with Crippen molar-refractivity contribution in [3.8, 4) is 0 Å². The molecule has 0 aliphatic heterocycles. The molecule has 0 aromatic heterocycles. The van der Waals surface area contributed by atoms with E-state index < -0.39 is 5.91 Å². The quantitative estimate of drug-likeness (QED) is 0.773. The second kappa shape index (κ2) is 8.18. The lowest BCUT2D eigenvalue weighted by molar-refractivity contribution is -0.117. The van der Waals surface area contributed by atoms with Crippen molar-refractivity contribution >= 4 is 17.6 Å².